The zero-order valence-corrected chi connectivity index (χ0v) is 13.1. The van der Waals surface area contributed by atoms with Crippen LogP contribution >= 0.6 is 15.9 Å². The van der Waals surface area contributed by atoms with E-state index in [2.05, 4.69) is 40.1 Å². The van der Waals surface area contributed by atoms with Gasteiger partial charge in [-0.2, -0.15) is 13.2 Å². The Kier molecular flexibility index (Phi) is 4.64. The third kappa shape index (κ3) is 3.88. The zero-order chi connectivity index (χ0) is 14.9. The van der Waals surface area contributed by atoms with Gasteiger partial charge in [0.1, 0.15) is 0 Å². The second kappa shape index (κ2) is 5.93. The van der Waals surface area contributed by atoms with Crippen molar-refractivity contribution < 1.29 is 13.2 Å². The lowest BCUT2D eigenvalue weighted by atomic mass is 9.98. The van der Waals surface area contributed by atoms with E-state index in [9.17, 15) is 13.2 Å². The van der Waals surface area contributed by atoms with E-state index in [-0.39, 0.29) is 6.04 Å². The minimum absolute atomic E-state index is 0.219. The number of piperidine rings is 1. The Morgan fingerprint density at radius 3 is 2.60 bits per heavy atom. The van der Waals surface area contributed by atoms with E-state index in [0.29, 0.717) is 16.2 Å². The molecule has 1 fully saturated rings. The molecule has 1 heterocycles. The topological polar surface area (TPSA) is 15.3 Å². The quantitative estimate of drug-likeness (QED) is 0.852. The molecule has 0 radical (unpaired) electrons. The first kappa shape index (κ1) is 15.6. The van der Waals surface area contributed by atoms with Gasteiger partial charge in [0.15, 0.2) is 0 Å². The molecule has 2 rings (SSSR count). The van der Waals surface area contributed by atoms with Crippen molar-refractivity contribution in [1.82, 2.24) is 4.90 Å². The van der Waals surface area contributed by atoms with Gasteiger partial charge in [0.25, 0.3) is 0 Å². The number of nitrogens with one attached hydrogen (secondary N) is 1. The summed E-state index contributed by atoms with van der Waals surface area (Å²) in [4.78, 5) is 2.26. The predicted octanol–water partition coefficient (Wildman–Crippen LogP) is 4.36. The summed E-state index contributed by atoms with van der Waals surface area (Å²) >= 11 is 3.14. The molecule has 0 aliphatic carbocycles. The molecular weight excluding hydrogens is 333 g/mol. The second-order valence-electron chi connectivity index (χ2n) is 5.42. The van der Waals surface area contributed by atoms with E-state index in [1.165, 1.54) is 6.07 Å². The van der Waals surface area contributed by atoms with Crippen LogP contribution in [0, 0.1) is 0 Å². The summed E-state index contributed by atoms with van der Waals surface area (Å²) in [5, 5.41) is 3.23. The predicted molar refractivity (Wildman–Crippen MR) is 77.9 cm³/mol. The van der Waals surface area contributed by atoms with Crippen LogP contribution in [0.1, 0.15) is 25.3 Å². The van der Waals surface area contributed by atoms with Gasteiger partial charge < -0.3 is 10.2 Å². The Morgan fingerprint density at radius 1 is 1.30 bits per heavy atom. The summed E-state index contributed by atoms with van der Waals surface area (Å²) in [6.45, 7) is 3.09. The molecule has 2 nitrogen and oxygen atoms in total. The van der Waals surface area contributed by atoms with E-state index >= 15 is 0 Å². The maximum absolute atomic E-state index is 12.8. The van der Waals surface area contributed by atoms with Gasteiger partial charge in [-0.05, 0) is 45.0 Å². The third-order valence-corrected chi connectivity index (χ3v) is 4.26. The molecule has 0 bridgehead atoms. The molecule has 2 unspecified atom stereocenters. The lowest BCUT2D eigenvalue weighted by Gasteiger charge is -2.35. The summed E-state index contributed by atoms with van der Waals surface area (Å²) in [6, 6.07) is 4.63. The molecule has 0 spiro atoms. The number of rotatable bonds is 2. The van der Waals surface area contributed by atoms with Crippen LogP contribution in [-0.4, -0.2) is 30.6 Å². The first-order valence-electron chi connectivity index (χ1n) is 6.60. The molecule has 1 aliphatic heterocycles. The number of benzene rings is 1. The van der Waals surface area contributed by atoms with Crippen LogP contribution in [0.25, 0.3) is 0 Å². The summed E-state index contributed by atoms with van der Waals surface area (Å²) in [7, 11) is 2.07. The summed E-state index contributed by atoms with van der Waals surface area (Å²) in [6.07, 6.45) is -2.45. The van der Waals surface area contributed by atoms with Gasteiger partial charge in [0, 0.05) is 28.8 Å². The molecule has 20 heavy (non-hydrogen) atoms. The van der Waals surface area contributed by atoms with Crippen molar-refractivity contribution >= 4 is 21.6 Å². The standard InChI is InChI=1S/C14H18BrF3N2/c1-9-5-12(3-4-20(9)2)19-13-7-10(14(16,17)18)6-11(15)8-13/h6-9,12,19H,3-5H2,1-2H3. The van der Waals surface area contributed by atoms with Gasteiger partial charge in [-0.3, -0.25) is 0 Å². The maximum atomic E-state index is 12.8. The summed E-state index contributed by atoms with van der Waals surface area (Å²) < 4.78 is 38.8. The van der Waals surface area contributed by atoms with Crippen LogP contribution in [0.4, 0.5) is 18.9 Å². The van der Waals surface area contributed by atoms with Crippen molar-refractivity contribution in [2.45, 2.75) is 38.0 Å². The highest BCUT2D eigenvalue weighted by atomic mass is 79.9. The Morgan fingerprint density at radius 2 is 2.00 bits per heavy atom. The fourth-order valence-corrected chi connectivity index (χ4v) is 2.99. The fraction of sp³-hybridized carbons (Fsp3) is 0.571. The van der Waals surface area contributed by atoms with Gasteiger partial charge in [0.05, 0.1) is 5.56 Å². The number of likely N-dealkylation sites (tertiary alicyclic amines) is 1. The number of alkyl halides is 3. The van der Waals surface area contributed by atoms with Crippen molar-refractivity contribution in [3.63, 3.8) is 0 Å². The SMILES string of the molecule is CC1CC(Nc2cc(Br)cc(C(F)(F)F)c2)CCN1C. The Labute approximate surface area is 125 Å². The molecule has 1 aliphatic rings. The van der Waals surface area contributed by atoms with E-state index in [4.69, 9.17) is 0 Å². The second-order valence-corrected chi connectivity index (χ2v) is 6.34. The van der Waals surface area contributed by atoms with Crippen molar-refractivity contribution in [2.75, 3.05) is 18.9 Å². The first-order valence-corrected chi connectivity index (χ1v) is 7.39. The van der Waals surface area contributed by atoms with Crippen LogP contribution in [0.5, 0.6) is 0 Å². The highest BCUT2D eigenvalue weighted by molar-refractivity contribution is 9.10. The van der Waals surface area contributed by atoms with Crippen LogP contribution in [0.3, 0.4) is 0 Å². The van der Waals surface area contributed by atoms with Crippen LogP contribution in [-0.2, 0) is 6.18 Å². The van der Waals surface area contributed by atoms with Crippen molar-refractivity contribution in [3.05, 3.63) is 28.2 Å². The maximum Gasteiger partial charge on any atom is 0.416 e. The summed E-state index contributed by atoms with van der Waals surface area (Å²) in [5.41, 5.74) is -0.108. The molecule has 0 aromatic heterocycles. The van der Waals surface area contributed by atoms with Crippen molar-refractivity contribution in [2.24, 2.45) is 0 Å². The average Bonchev–Trinajstić information content (AvgIpc) is 2.32. The summed E-state index contributed by atoms with van der Waals surface area (Å²) in [5.74, 6) is 0. The Hall–Kier alpha value is -0.750. The Balaban J connectivity index is 2.12. The van der Waals surface area contributed by atoms with Crippen LogP contribution in [0.15, 0.2) is 22.7 Å². The molecule has 1 saturated heterocycles. The lowest BCUT2D eigenvalue weighted by Crippen LogP contribution is -2.42. The number of hydrogen-bond acceptors (Lipinski definition) is 2. The van der Waals surface area contributed by atoms with Gasteiger partial charge in [0.2, 0.25) is 0 Å². The number of nitrogens with zero attached hydrogens (tertiary/aromatic N) is 1. The van der Waals surface area contributed by atoms with Crippen molar-refractivity contribution in [1.29, 1.82) is 0 Å². The van der Waals surface area contributed by atoms with Gasteiger partial charge in [-0.1, -0.05) is 15.9 Å². The minimum Gasteiger partial charge on any atom is -0.382 e. The van der Waals surface area contributed by atoms with Gasteiger partial charge in [-0.15, -0.1) is 0 Å². The molecule has 1 aromatic carbocycles. The van der Waals surface area contributed by atoms with Gasteiger partial charge in [-0.25, -0.2) is 0 Å². The van der Waals surface area contributed by atoms with Crippen LogP contribution in [0.2, 0.25) is 0 Å². The molecule has 0 saturated carbocycles. The zero-order valence-electron chi connectivity index (χ0n) is 11.5. The Bertz CT molecular complexity index is 476. The molecule has 0 amide bonds. The highest BCUT2D eigenvalue weighted by Crippen LogP contribution is 2.34. The molecule has 112 valence electrons. The number of anilines is 1. The normalized spacial score (nSPS) is 24.7. The smallest absolute Gasteiger partial charge is 0.382 e. The van der Waals surface area contributed by atoms with Crippen molar-refractivity contribution in [3.8, 4) is 0 Å². The molecular formula is C14H18BrF3N2. The molecule has 6 heteroatoms. The third-order valence-electron chi connectivity index (χ3n) is 3.80. The molecule has 1 N–H and O–H groups in total. The number of halogens is 4. The van der Waals surface area contributed by atoms with E-state index in [1.54, 1.807) is 6.07 Å². The van der Waals surface area contributed by atoms with Gasteiger partial charge >= 0.3 is 6.18 Å². The monoisotopic (exact) mass is 350 g/mol. The van der Waals surface area contributed by atoms with Crippen LogP contribution < -0.4 is 5.32 Å². The van der Waals surface area contributed by atoms with E-state index in [0.717, 1.165) is 25.5 Å². The largest absolute Gasteiger partial charge is 0.416 e. The van der Waals surface area contributed by atoms with E-state index < -0.39 is 11.7 Å². The fourth-order valence-electron chi connectivity index (χ4n) is 2.49. The average molecular weight is 351 g/mol. The molecule has 2 atom stereocenters. The minimum atomic E-state index is -4.32. The number of hydrogen-bond donors (Lipinski definition) is 1. The van der Waals surface area contributed by atoms with E-state index in [1.807, 2.05) is 0 Å². The highest BCUT2D eigenvalue weighted by Gasteiger charge is 2.31. The first-order chi connectivity index (χ1) is 9.25. The molecule has 1 aromatic rings. The lowest BCUT2D eigenvalue weighted by molar-refractivity contribution is -0.137.